The summed E-state index contributed by atoms with van der Waals surface area (Å²) in [6.07, 6.45) is 3.69. The molecule has 0 bridgehead atoms. The Balaban J connectivity index is 2.17. The van der Waals surface area contributed by atoms with E-state index in [4.69, 9.17) is 5.73 Å². The molecule has 2 rings (SSSR count). The van der Waals surface area contributed by atoms with E-state index >= 15 is 0 Å². The number of rotatable bonds is 2. The van der Waals surface area contributed by atoms with Crippen molar-refractivity contribution in [1.29, 1.82) is 0 Å². The minimum atomic E-state index is 0.203. The third kappa shape index (κ3) is 2.29. The van der Waals surface area contributed by atoms with Crippen LogP contribution >= 0.6 is 11.5 Å². The fraction of sp³-hybridized carbons (Fsp3) is 0.800. The van der Waals surface area contributed by atoms with Crippen LogP contribution in [0.1, 0.15) is 32.0 Å². The molecule has 2 heterocycles. The second-order valence-corrected chi connectivity index (χ2v) is 4.97. The average molecular weight is 226 g/mol. The maximum absolute atomic E-state index is 6.02. The first-order valence-electron chi connectivity index (χ1n) is 5.51. The van der Waals surface area contributed by atoms with Gasteiger partial charge in [-0.05, 0) is 33.1 Å². The lowest BCUT2D eigenvalue weighted by molar-refractivity contribution is 0.413. The van der Waals surface area contributed by atoms with Gasteiger partial charge in [-0.1, -0.05) is 0 Å². The molecule has 0 aliphatic carbocycles. The summed E-state index contributed by atoms with van der Waals surface area (Å²) in [4.78, 5) is 6.78. The van der Waals surface area contributed by atoms with E-state index in [0.717, 1.165) is 17.5 Å². The minimum absolute atomic E-state index is 0.203. The molecule has 4 nitrogen and oxygen atoms in total. The molecule has 1 saturated heterocycles. The van der Waals surface area contributed by atoms with Crippen LogP contribution in [0.25, 0.3) is 0 Å². The molecule has 0 spiro atoms. The van der Waals surface area contributed by atoms with Crippen molar-refractivity contribution in [3.05, 3.63) is 5.82 Å². The van der Waals surface area contributed by atoms with Crippen molar-refractivity contribution in [2.45, 2.75) is 45.2 Å². The van der Waals surface area contributed by atoms with Crippen molar-refractivity contribution in [2.24, 2.45) is 5.73 Å². The molecule has 5 heteroatoms. The Labute approximate surface area is 94.7 Å². The zero-order valence-electron chi connectivity index (χ0n) is 9.31. The van der Waals surface area contributed by atoms with Crippen LogP contribution in [-0.4, -0.2) is 28.0 Å². The number of aromatic nitrogens is 2. The van der Waals surface area contributed by atoms with E-state index in [2.05, 4.69) is 21.2 Å². The molecule has 0 saturated carbocycles. The third-order valence-corrected chi connectivity index (χ3v) is 3.76. The fourth-order valence-electron chi connectivity index (χ4n) is 2.14. The highest BCUT2D eigenvalue weighted by Gasteiger charge is 2.27. The summed E-state index contributed by atoms with van der Waals surface area (Å²) in [6, 6.07) is 0.639. The Hall–Kier alpha value is -0.680. The van der Waals surface area contributed by atoms with Crippen LogP contribution in [0.2, 0.25) is 0 Å². The quantitative estimate of drug-likeness (QED) is 0.831. The number of piperidine rings is 1. The SMILES string of the molecule is Cc1nsc(N2CCCCC2C(C)N)n1. The first-order valence-corrected chi connectivity index (χ1v) is 6.28. The lowest BCUT2D eigenvalue weighted by Gasteiger charge is -2.37. The van der Waals surface area contributed by atoms with Crippen molar-refractivity contribution in [2.75, 3.05) is 11.4 Å². The summed E-state index contributed by atoms with van der Waals surface area (Å²) >= 11 is 1.49. The highest BCUT2D eigenvalue weighted by atomic mass is 32.1. The van der Waals surface area contributed by atoms with Gasteiger partial charge in [0.05, 0.1) is 0 Å². The molecular formula is C10H18N4S. The van der Waals surface area contributed by atoms with Crippen LogP contribution in [0.5, 0.6) is 0 Å². The average Bonchev–Trinajstić information content (AvgIpc) is 2.65. The van der Waals surface area contributed by atoms with Gasteiger partial charge in [0.2, 0.25) is 5.13 Å². The number of nitrogens with two attached hydrogens (primary N) is 1. The van der Waals surface area contributed by atoms with Gasteiger partial charge in [-0.3, -0.25) is 0 Å². The van der Waals surface area contributed by atoms with Crippen LogP contribution in [0.3, 0.4) is 0 Å². The summed E-state index contributed by atoms with van der Waals surface area (Å²) in [5.41, 5.74) is 6.02. The van der Waals surface area contributed by atoms with Gasteiger partial charge in [-0.25, -0.2) is 4.98 Å². The van der Waals surface area contributed by atoms with E-state index in [-0.39, 0.29) is 6.04 Å². The predicted octanol–water partition coefficient (Wildman–Crippen LogP) is 1.55. The van der Waals surface area contributed by atoms with Gasteiger partial charge in [-0.15, -0.1) is 0 Å². The van der Waals surface area contributed by atoms with Crippen LogP contribution in [0, 0.1) is 6.92 Å². The number of nitrogens with zero attached hydrogens (tertiary/aromatic N) is 3. The molecule has 15 heavy (non-hydrogen) atoms. The normalized spacial score (nSPS) is 24.2. The molecule has 1 aromatic rings. The smallest absolute Gasteiger partial charge is 0.205 e. The Morgan fingerprint density at radius 3 is 2.93 bits per heavy atom. The Morgan fingerprint density at radius 2 is 2.33 bits per heavy atom. The lowest BCUT2D eigenvalue weighted by Crippen LogP contribution is -2.49. The highest BCUT2D eigenvalue weighted by molar-refractivity contribution is 7.09. The standard InChI is InChI=1S/C10H18N4S/c1-7(11)9-5-3-4-6-14(9)10-12-8(2)13-15-10/h7,9H,3-6,11H2,1-2H3. The Kier molecular flexibility index (Phi) is 3.21. The summed E-state index contributed by atoms with van der Waals surface area (Å²) in [6.45, 7) is 5.09. The molecule has 1 aliphatic rings. The van der Waals surface area contributed by atoms with Gasteiger partial charge >= 0.3 is 0 Å². The monoisotopic (exact) mass is 226 g/mol. The number of anilines is 1. The zero-order valence-corrected chi connectivity index (χ0v) is 10.1. The van der Waals surface area contributed by atoms with E-state index in [1.165, 1.54) is 30.8 Å². The zero-order chi connectivity index (χ0) is 10.8. The van der Waals surface area contributed by atoms with Gasteiger partial charge in [-0.2, -0.15) is 4.37 Å². The molecule has 2 N–H and O–H groups in total. The molecule has 2 atom stereocenters. The first-order chi connectivity index (χ1) is 7.18. The Morgan fingerprint density at radius 1 is 1.53 bits per heavy atom. The van der Waals surface area contributed by atoms with Crippen molar-refractivity contribution in [1.82, 2.24) is 9.36 Å². The van der Waals surface area contributed by atoms with Crippen molar-refractivity contribution < 1.29 is 0 Å². The topological polar surface area (TPSA) is 55.0 Å². The van der Waals surface area contributed by atoms with Gasteiger partial charge in [0.15, 0.2) is 0 Å². The van der Waals surface area contributed by atoms with E-state index in [1.807, 2.05) is 6.92 Å². The van der Waals surface area contributed by atoms with Crippen LogP contribution in [0.4, 0.5) is 5.13 Å². The number of aryl methyl sites for hydroxylation is 1. The van der Waals surface area contributed by atoms with Crippen LogP contribution in [-0.2, 0) is 0 Å². The highest BCUT2D eigenvalue weighted by Crippen LogP contribution is 2.27. The molecule has 2 unspecified atom stereocenters. The molecule has 1 aromatic heterocycles. The summed E-state index contributed by atoms with van der Waals surface area (Å²) < 4.78 is 4.23. The van der Waals surface area contributed by atoms with E-state index in [0.29, 0.717) is 6.04 Å². The first kappa shape index (κ1) is 10.8. The van der Waals surface area contributed by atoms with Crippen molar-refractivity contribution in [3.8, 4) is 0 Å². The van der Waals surface area contributed by atoms with Crippen LogP contribution in [0.15, 0.2) is 0 Å². The number of hydrogen-bond acceptors (Lipinski definition) is 5. The summed E-state index contributed by atoms with van der Waals surface area (Å²) in [7, 11) is 0. The lowest BCUT2D eigenvalue weighted by atomic mass is 9.98. The molecule has 0 amide bonds. The largest absolute Gasteiger partial charge is 0.342 e. The molecule has 1 aliphatic heterocycles. The predicted molar refractivity (Wildman–Crippen MR) is 63.3 cm³/mol. The van der Waals surface area contributed by atoms with Gasteiger partial charge in [0.1, 0.15) is 5.82 Å². The minimum Gasteiger partial charge on any atom is -0.342 e. The second kappa shape index (κ2) is 4.45. The maximum Gasteiger partial charge on any atom is 0.205 e. The third-order valence-electron chi connectivity index (χ3n) is 2.92. The molecular weight excluding hydrogens is 208 g/mol. The van der Waals surface area contributed by atoms with Crippen LogP contribution < -0.4 is 10.6 Å². The van der Waals surface area contributed by atoms with Gasteiger partial charge < -0.3 is 10.6 Å². The van der Waals surface area contributed by atoms with Crippen molar-refractivity contribution >= 4 is 16.7 Å². The summed E-state index contributed by atoms with van der Waals surface area (Å²) in [5.74, 6) is 0.865. The van der Waals surface area contributed by atoms with Gasteiger partial charge in [0, 0.05) is 30.2 Å². The maximum atomic E-state index is 6.02. The van der Waals surface area contributed by atoms with Gasteiger partial charge in [0.25, 0.3) is 0 Å². The van der Waals surface area contributed by atoms with E-state index < -0.39 is 0 Å². The molecule has 0 radical (unpaired) electrons. The fourth-order valence-corrected chi connectivity index (χ4v) is 2.90. The second-order valence-electron chi connectivity index (χ2n) is 4.24. The summed E-state index contributed by atoms with van der Waals surface area (Å²) in [5, 5.41) is 1.04. The molecule has 84 valence electrons. The van der Waals surface area contributed by atoms with E-state index in [9.17, 15) is 0 Å². The number of hydrogen-bond donors (Lipinski definition) is 1. The van der Waals surface area contributed by atoms with Crippen molar-refractivity contribution in [3.63, 3.8) is 0 Å². The Bertz CT molecular complexity index is 323. The molecule has 1 fully saturated rings. The molecule has 0 aromatic carbocycles. The van der Waals surface area contributed by atoms with E-state index in [1.54, 1.807) is 0 Å².